The fourth-order valence-corrected chi connectivity index (χ4v) is 2.80. The Morgan fingerprint density at radius 3 is 2.59 bits per heavy atom. The maximum atomic E-state index is 12.0. The minimum atomic E-state index is -0.445. The number of amides is 1. The van der Waals surface area contributed by atoms with Gasteiger partial charge in [-0.05, 0) is 46.5 Å². The zero-order valence-corrected chi connectivity index (χ0v) is 11.0. The highest BCUT2D eigenvalue weighted by atomic mass is 16.6. The maximum Gasteiger partial charge on any atom is 0.410 e. The summed E-state index contributed by atoms with van der Waals surface area (Å²) in [7, 11) is 0. The van der Waals surface area contributed by atoms with Crippen LogP contribution in [0.4, 0.5) is 4.79 Å². The van der Waals surface area contributed by atoms with Crippen molar-refractivity contribution in [3.05, 3.63) is 0 Å². The second-order valence-corrected chi connectivity index (χ2v) is 6.42. The normalized spacial score (nSPS) is 33.4. The minimum Gasteiger partial charge on any atom is -0.444 e. The number of likely N-dealkylation sites (tertiary alicyclic amines) is 1. The zero-order valence-electron chi connectivity index (χ0n) is 11.0. The molecule has 1 amide bonds. The van der Waals surface area contributed by atoms with Crippen LogP contribution in [0.3, 0.4) is 0 Å². The van der Waals surface area contributed by atoms with Crippen LogP contribution in [-0.4, -0.2) is 40.9 Å². The van der Waals surface area contributed by atoms with Gasteiger partial charge in [0.1, 0.15) is 5.60 Å². The van der Waals surface area contributed by atoms with Crippen LogP contribution in [0.5, 0.6) is 0 Å². The topological polar surface area (TPSA) is 49.8 Å². The quantitative estimate of drug-likeness (QED) is 0.707. The molecule has 2 atom stereocenters. The molecule has 0 bridgehead atoms. The second kappa shape index (κ2) is 4.16. The molecule has 0 aromatic heterocycles. The Balaban J connectivity index is 1.96. The van der Waals surface area contributed by atoms with Crippen LogP contribution >= 0.6 is 0 Å². The molecule has 0 unspecified atom stereocenters. The smallest absolute Gasteiger partial charge is 0.410 e. The Labute approximate surface area is 103 Å². The number of carbonyl (C=O) groups excluding carboxylic acids is 1. The summed E-state index contributed by atoms with van der Waals surface area (Å²) in [6.45, 7) is 7.04. The van der Waals surface area contributed by atoms with Crippen molar-refractivity contribution in [1.29, 1.82) is 0 Å². The molecule has 1 aliphatic carbocycles. The van der Waals surface area contributed by atoms with Crippen LogP contribution in [-0.2, 0) is 4.74 Å². The summed E-state index contributed by atoms with van der Waals surface area (Å²) in [5.41, 5.74) is -0.477. The molecule has 98 valence electrons. The molecule has 1 spiro atoms. The summed E-state index contributed by atoms with van der Waals surface area (Å²) in [4.78, 5) is 13.7. The summed E-state index contributed by atoms with van der Waals surface area (Å²) in [5, 5.41) is 9.88. The highest BCUT2D eigenvalue weighted by molar-refractivity contribution is 5.68. The third kappa shape index (κ3) is 2.57. The van der Waals surface area contributed by atoms with Crippen molar-refractivity contribution in [2.24, 2.45) is 5.41 Å². The summed E-state index contributed by atoms with van der Waals surface area (Å²) < 4.78 is 5.38. The molecule has 2 rings (SSSR count). The lowest BCUT2D eigenvalue weighted by atomic mass is 9.62. The van der Waals surface area contributed by atoms with Gasteiger partial charge in [0.05, 0.1) is 6.10 Å². The molecule has 1 N–H and O–H groups in total. The highest BCUT2D eigenvalue weighted by Crippen LogP contribution is 2.47. The largest absolute Gasteiger partial charge is 0.444 e. The van der Waals surface area contributed by atoms with E-state index < -0.39 is 5.60 Å². The number of rotatable bonds is 0. The van der Waals surface area contributed by atoms with Gasteiger partial charge in [0.2, 0.25) is 0 Å². The molecule has 17 heavy (non-hydrogen) atoms. The van der Waals surface area contributed by atoms with E-state index in [1.165, 1.54) is 0 Å². The van der Waals surface area contributed by atoms with Crippen molar-refractivity contribution in [3.8, 4) is 0 Å². The molecule has 2 fully saturated rings. The summed E-state index contributed by atoms with van der Waals surface area (Å²) in [6.07, 6.45) is 3.45. The first-order valence-corrected chi connectivity index (χ1v) is 6.48. The van der Waals surface area contributed by atoms with E-state index in [1.54, 1.807) is 4.90 Å². The second-order valence-electron chi connectivity index (χ2n) is 6.42. The Morgan fingerprint density at radius 2 is 2.12 bits per heavy atom. The van der Waals surface area contributed by atoms with E-state index >= 15 is 0 Å². The lowest BCUT2D eigenvalue weighted by Gasteiger charge is -2.52. The van der Waals surface area contributed by atoms with Crippen molar-refractivity contribution in [2.75, 3.05) is 13.1 Å². The number of aliphatic hydroxyl groups is 1. The van der Waals surface area contributed by atoms with Crippen LogP contribution in [0.15, 0.2) is 0 Å². The molecule has 0 aromatic rings. The molecular formula is C13H23NO3. The fourth-order valence-electron chi connectivity index (χ4n) is 2.80. The van der Waals surface area contributed by atoms with Gasteiger partial charge in [0, 0.05) is 18.5 Å². The van der Waals surface area contributed by atoms with Crippen molar-refractivity contribution in [2.45, 2.75) is 58.2 Å². The molecule has 2 aliphatic rings. The number of hydrogen-bond acceptors (Lipinski definition) is 3. The zero-order chi connectivity index (χ0) is 12.7. The third-order valence-electron chi connectivity index (χ3n) is 3.88. The van der Waals surface area contributed by atoms with Crippen LogP contribution in [0.1, 0.15) is 46.5 Å². The van der Waals surface area contributed by atoms with Gasteiger partial charge in [-0.1, -0.05) is 0 Å². The Hall–Kier alpha value is -0.770. The first-order valence-electron chi connectivity index (χ1n) is 6.48. The average Bonchev–Trinajstić information content (AvgIpc) is 2.25. The van der Waals surface area contributed by atoms with Gasteiger partial charge in [0.25, 0.3) is 0 Å². The first-order chi connectivity index (χ1) is 7.82. The van der Waals surface area contributed by atoms with E-state index in [0.717, 1.165) is 32.2 Å². The maximum absolute atomic E-state index is 12.0. The molecule has 4 heteroatoms. The highest BCUT2D eigenvalue weighted by Gasteiger charge is 2.49. The number of piperidine rings is 1. The number of aliphatic hydroxyl groups excluding tert-OH is 1. The molecule has 0 radical (unpaired) electrons. The van der Waals surface area contributed by atoms with Gasteiger partial charge in [-0.25, -0.2) is 4.79 Å². The molecule has 4 nitrogen and oxygen atoms in total. The van der Waals surface area contributed by atoms with Gasteiger partial charge >= 0.3 is 6.09 Å². The van der Waals surface area contributed by atoms with Crippen molar-refractivity contribution in [3.63, 3.8) is 0 Å². The van der Waals surface area contributed by atoms with Gasteiger partial charge < -0.3 is 14.7 Å². The minimum absolute atomic E-state index is 0.0326. The van der Waals surface area contributed by atoms with E-state index in [0.29, 0.717) is 6.54 Å². The van der Waals surface area contributed by atoms with Crippen LogP contribution in [0.2, 0.25) is 0 Å². The SMILES string of the molecule is CC(C)(C)OC(=O)N1CCC[C@@]2(CC[C@H]2O)C1. The van der Waals surface area contributed by atoms with Crippen molar-refractivity contribution < 1.29 is 14.6 Å². The van der Waals surface area contributed by atoms with E-state index in [1.807, 2.05) is 20.8 Å². The van der Waals surface area contributed by atoms with E-state index in [4.69, 9.17) is 4.74 Å². The fraction of sp³-hybridized carbons (Fsp3) is 0.923. The molecular weight excluding hydrogens is 218 g/mol. The number of carbonyl (C=O) groups is 1. The first kappa shape index (κ1) is 12.7. The van der Waals surface area contributed by atoms with Crippen LogP contribution < -0.4 is 0 Å². The summed E-state index contributed by atoms with van der Waals surface area (Å²) in [5.74, 6) is 0. The Bertz CT molecular complexity index is 310. The summed E-state index contributed by atoms with van der Waals surface area (Å²) >= 11 is 0. The van der Waals surface area contributed by atoms with Gasteiger partial charge in [-0.3, -0.25) is 0 Å². The molecule has 0 aromatic carbocycles. The van der Waals surface area contributed by atoms with Gasteiger partial charge in [-0.15, -0.1) is 0 Å². The Morgan fingerprint density at radius 1 is 1.41 bits per heavy atom. The lowest BCUT2D eigenvalue weighted by molar-refractivity contribution is -0.104. The monoisotopic (exact) mass is 241 g/mol. The van der Waals surface area contributed by atoms with Crippen LogP contribution in [0, 0.1) is 5.41 Å². The van der Waals surface area contributed by atoms with Gasteiger partial charge in [0.15, 0.2) is 0 Å². The predicted octanol–water partition coefficient (Wildman–Crippen LogP) is 2.16. The van der Waals surface area contributed by atoms with Crippen LogP contribution in [0.25, 0.3) is 0 Å². The number of ether oxygens (including phenoxy) is 1. The van der Waals surface area contributed by atoms with E-state index in [9.17, 15) is 9.90 Å². The van der Waals surface area contributed by atoms with E-state index in [-0.39, 0.29) is 17.6 Å². The lowest BCUT2D eigenvalue weighted by Crippen LogP contribution is -2.57. The van der Waals surface area contributed by atoms with E-state index in [2.05, 4.69) is 0 Å². The molecule has 1 heterocycles. The van der Waals surface area contributed by atoms with Gasteiger partial charge in [-0.2, -0.15) is 0 Å². The standard InChI is InChI=1S/C13H23NO3/c1-12(2,3)17-11(16)14-8-4-6-13(9-14)7-5-10(13)15/h10,15H,4-9H2,1-3H3/t10-,13-/m1/s1. The molecule has 1 saturated heterocycles. The average molecular weight is 241 g/mol. The van der Waals surface area contributed by atoms with Crippen molar-refractivity contribution >= 4 is 6.09 Å². The molecule has 1 aliphatic heterocycles. The number of nitrogens with zero attached hydrogens (tertiary/aromatic N) is 1. The van der Waals surface area contributed by atoms with Crippen molar-refractivity contribution in [1.82, 2.24) is 4.90 Å². The summed E-state index contributed by atoms with van der Waals surface area (Å²) in [6, 6.07) is 0. The third-order valence-corrected chi connectivity index (χ3v) is 3.88. The Kier molecular flexibility index (Phi) is 3.10. The number of hydrogen-bond donors (Lipinski definition) is 1. The molecule has 1 saturated carbocycles. The predicted molar refractivity (Wildman–Crippen MR) is 64.7 cm³/mol.